The second-order valence-corrected chi connectivity index (χ2v) is 7.28. The molecule has 5 heteroatoms. The molecular formula is C16H27N3OS. The molecule has 118 valence electrons. The summed E-state index contributed by atoms with van der Waals surface area (Å²) in [5.74, 6) is 0.606. The van der Waals surface area contributed by atoms with Crippen molar-refractivity contribution in [3.05, 3.63) is 15.6 Å². The van der Waals surface area contributed by atoms with E-state index in [1.165, 1.54) is 41.3 Å². The number of hydrogen-bond donors (Lipinski definition) is 2. The van der Waals surface area contributed by atoms with Crippen LogP contribution in [-0.2, 0) is 23.1 Å². The van der Waals surface area contributed by atoms with Crippen molar-refractivity contribution >= 4 is 11.3 Å². The van der Waals surface area contributed by atoms with Crippen molar-refractivity contribution < 1.29 is 4.74 Å². The fraction of sp³-hybridized carbons (Fsp3) is 0.812. The van der Waals surface area contributed by atoms with E-state index in [9.17, 15) is 0 Å². The molecule has 1 aliphatic carbocycles. The van der Waals surface area contributed by atoms with E-state index in [0.29, 0.717) is 5.92 Å². The van der Waals surface area contributed by atoms with Crippen molar-refractivity contribution in [3.63, 3.8) is 0 Å². The molecule has 1 aromatic rings. The molecule has 4 nitrogen and oxygen atoms in total. The largest absolute Gasteiger partial charge is 0.383 e. The van der Waals surface area contributed by atoms with Crippen LogP contribution in [0.15, 0.2) is 0 Å². The molecule has 0 radical (unpaired) electrons. The highest BCUT2D eigenvalue weighted by Crippen LogP contribution is 2.41. The summed E-state index contributed by atoms with van der Waals surface area (Å²) in [6.07, 6.45) is 6.00. The lowest BCUT2D eigenvalue weighted by Gasteiger charge is -2.44. The fourth-order valence-corrected chi connectivity index (χ4v) is 5.20. The predicted molar refractivity (Wildman–Crippen MR) is 87.0 cm³/mol. The van der Waals surface area contributed by atoms with E-state index in [-0.39, 0.29) is 5.54 Å². The number of piperidine rings is 1. The van der Waals surface area contributed by atoms with Crippen LogP contribution in [0.4, 0.5) is 0 Å². The number of methoxy groups -OCH3 is 1. The number of ether oxygens (including phenoxy) is 1. The summed E-state index contributed by atoms with van der Waals surface area (Å²) >= 11 is 1.96. The normalized spacial score (nSPS) is 28.8. The van der Waals surface area contributed by atoms with Gasteiger partial charge in [0.15, 0.2) is 0 Å². The first kappa shape index (κ1) is 15.4. The topological polar surface area (TPSA) is 46.2 Å². The van der Waals surface area contributed by atoms with Gasteiger partial charge in [0, 0.05) is 25.1 Å². The molecule has 0 aromatic carbocycles. The van der Waals surface area contributed by atoms with Crippen molar-refractivity contribution in [2.24, 2.45) is 5.92 Å². The van der Waals surface area contributed by atoms with Crippen molar-refractivity contribution in [2.75, 3.05) is 33.4 Å². The molecule has 21 heavy (non-hydrogen) atoms. The molecule has 1 aromatic heterocycles. The fourth-order valence-electron chi connectivity index (χ4n) is 3.78. The molecule has 1 aliphatic heterocycles. The summed E-state index contributed by atoms with van der Waals surface area (Å²) in [6, 6.07) is 0. The Balaban J connectivity index is 1.89. The third-order valence-corrected chi connectivity index (χ3v) is 6.34. The molecule has 3 rings (SSSR count). The van der Waals surface area contributed by atoms with Gasteiger partial charge in [-0.15, -0.1) is 11.3 Å². The van der Waals surface area contributed by atoms with Crippen molar-refractivity contribution in [3.8, 4) is 0 Å². The Kier molecular flexibility index (Phi) is 4.94. The van der Waals surface area contributed by atoms with E-state index in [1.54, 1.807) is 7.11 Å². The molecule has 2 N–H and O–H groups in total. The van der Waals surface area contributed by atoms with E-state index < -0.39 is 0 Å². The number of hydrogen-bond acceptors (Lipinski definition) is 5. The average Bonchev–Trinajstić information content (AvgIpc) is 3.09. The summed E-state index contributed by atoms with van der Waals surface area (Å²) in [7, 11) is 1.77. The highest BCUT2D eigenvalue weighted by atomic mass is 32.1. The maximum absolute atomic E-state index is 5.25. The van der Waals surface area contributed by atoms with Crippen LogP contribution in [0.2, 0.25) is 0 Å². The smallest absolute Gasteiger partial charge is 0.114 e. The van der Waals surface area contributed by atoms with Gasteiger partial charge in [0.1, 0.15) is 5.01 Å². The van der Waals surface area contributed by atoms with Crippen LogP contribution in [0.25, 0.3) is 0 Å². The number of nitrogens with zero attached hydrogens (tertiary/aromatic N) is 1. The summed E-state index contributed by atoms with van der Waals surface area (Å²) in [5, 5.41) is 8.71. The van der Waals surface area contributed by atoms with Gasteiger partial charge in [0.2, 0.25) is 0 Å². The summed E-state index contributed by atoms with van der Waals surface area (Å²) in [4.78, 5) is 6.58. The Morgan fingerprint density at radius 1 is 1.48 bits per heavy atom. The maximum atomic E-state index is 5.25. The van der Waals surface area contributed by atoms with Crippen LogP contribution < -0.4 is 10.6 Å². The van der Waals surface area contributed by atoms with E-state index in [1.807, 2.05) is 11.3 Å². The monoisotopic (exact) mass is 309 g/mol. The third-order valence-electron chi connectivity index (χ3n) is 5.00. The molecule has 1 fully saturated rings. The highest BCUT2D eigenvalue weighted by Gasteiger charge is 2.44. The second-order valence-electron chi connectivity index (χ2n) is 6.19. The van der Waals surface area contributed by atoms with Gasteiger partial charge in [-0.1, -0.05) is 6.92 Å². The Morgan fingerprint density at radius 2 is 2.38 bits per heavy atom. The van der Waals surface area contributed by atoms with E-state index in [4.69, 9.17) is 9.72 Å². The quantitative estimate of drug-likeness (QED) is 0.790. The molecule has 2 heterocycles. The molecule has 2 unspecified atom stereocenters. The van der Waals surface area contributed by atoms with E-state index in [2.05, 4.69) is 17.6 Å². The number of nitrogens with one attached hydrogen (secondary N) is 2. The molecule has 2 atom stereocenters. The van der Waals surface area contributed by atoms with Gasteiger partial charge < -0.3 is 15.4 Å². The lowest BCUT2D eigenvalue weighted by atomic mass is 9.77. The van der Waals surface area contributed by atoms with Gasteiger partial charge in [-0.05, 0) is 44.6 Å². The van der Waals surface area contributed by atoms with Gasteiger partial charge in [0.05, 0.1) is 17.8 Å². The Morgan fingerprint density at radius 3 is 3.14 bits per heavy atom. The van der Waals surface area contributed by atoms with Crippen molar-refractivity contribution in [1.82, 2.24) is 15.6 Å². The zero-order valence-corrected chi connectivity index (χ0v) is 14.0. The molecule has 1 saturated heterocycles. The minimum Gasteiger partial charge on any atom is -0.383 e. The van der Waals surface area contributed by atoms with Crippen LogP contribution >= 0.6 is 11.3 Å². The van der Waals surface area contributed by atoms with Gasteiger partial charge in [0.25, 0.3) is 0 Å². The zero-order chi connectivity index (χ0) is 14.7. The average molecular weight is 309 g/mol. The minimum atomic E-state index is 0.0491. The Hall–Kier alpha value is -0.490. The molecule has 0 amide bonds. The van der Waals surface area contributed by atoms with Crippen LogP contribution in [0.1, 0.15) is 41.8 Å². The van der Waals surface area contributed by atoms with Crippen molar-refractivity contribution in [1.29, 1.82) is 0 Å². The minimum absolute atomic E-state index is 0.0491. The molecule has 0 bridgehead atoms. The predicted octanol–water partition coefficient (Wildman–Crippen LogP) is 2.08. The van der Waals surface area contributed by atoms with Crippen LogP contribution in [0.3, 0.4) is 0 Å². The molecule has 2 aliphatic rings. The van der Waals surface area contributed by atoms with E-state index >= 15 is 0 Å². The summed E-state index contributed by atoms with van der Waals surface area (Å²) < 4.78 is 5.25. The van der Waals surface area contributed by atoms with Crippen molar-refractivity contribution in [2.45, 2.75) is 44.6 Å². The summed E-state index contributed by atoms with van der Waals surface area (Å²) in [5.41, 5.74) is 1.42. The Bertz CT molecular complexity index is 455. The van der Waals surface area contributed by atoms with E-state index in [0.717, 1.165) is 32.7 Å². The Labute approximate surface area is 131 Å². The summed E-state index contributed by atoms with van der Waals surface area (Å²) in [6.45, 7) is 6.11. The SMILES string of the molecule is CCC1CNCCC1(NCCOC)c1nc2c(s1)CCC2. The third kappa shape index (κ3) is 2.89. The first-order valence-corrected chi connectivity index (χ1v) is 9.05. The maximum Gasteiger partial charge on any atom is 0.114 e. The molecule has 0 spiro atoms. The number of aryl methyl sites for hydroxylation is 2. The van der Waals surface area contributed by atoms with Crippen LogP contribution in [0, 0.1) is 5.92 Å². The zero-order valence-electron chi connectivity index (χ0n) is 13.2. The van der Waals surface area contributed by atoms with Crippen LogP contribution in [0.5, 0.6) is 0 Å². The number of aromatic nitrogens is 1. The highest BCUT2D eigenvalue weighted by molar-refractivity contribution is 7.12. The number of thiazole rings is 1. The molecular weight excluding hydrogens is 282 g/mol. The van der Waals surface area contributed by atoms with Gasteiger partial charge >= 0.3 is 0 Å². The van der Waals surface area contributed by atoms with Gasteiger partial charge in [-0.25, -0.2) is 4.98 Å². The first-order chi connectivity index (χ1) is 10.3. The number of fused-ring (bicyclic) bond motifs is 1. The van der Waals surface area contributed by atoms with Gasteiger partial charge in [-0.3, -0.25) is 0 Å². The standard InChI is InChI=1S/C16H27N3OS/c1-3-12-11-17-8-7-16(12,18-9-10-20-2)15-19-13-5-4-6-14(13)21-15/h12,17-18H,3-11H2,1-2H3. The van der Waals surface area contributed by atoms with Gasteiger partial charge in [-0.2, -0.15) is 0 Å². The second kappa shape index (κ2) is 6.73. The number of rotatable bonds is 6. The van der Waals surface area contributed by atoms with Crippen LogP contribution in [-0.4, -0.2) is 38.3 Å². The lowest BCUT2D eigenvalue weighted by molar-refractivity contribution is 0.125. The molecule has 0 saturated carbocycles. The lowest BCUT2D eigenvalue weighted by Crippen LogP contribution is -2.57. The first-order valence-electron chi connectivity index (χ1n) is 8.24.